The summed E-state index contributed by atoms with van der Waals surface area (Å²) in [5, 5.41) is 19.4. The van der Waals surface area contributed by atoms with Gasteiger partial charge in [0.2, 0.25) is 0 Å². The van der Waals surface area contributed by atoms with Crippen LogP contribution in [0.1, 0.15) is 16.7 Å². The van der Waals surface area contributed by atoms with E-state index in [1.54, 1.807) is 12.1 Å². The van der Waals surface area contributed by atoms with Crippen LogP contribution in [0.25, 0.3) is 125 Å². The van der Waals surface area contributed by atoms with E-state index >= 15 is 8.78 Å². The number of hydrogen-bond acceptors (Lipinski definition) is 1. The van der Waals surface area contributed by atoms with Gasteiger partial charge in [-0.3, -0.25) is 0 Å². The fourth-order valence-corrected chi connectivity index (χ4v) is 10.2. The Hall–Kier alpha value is -7.66. The zero-order chi connectivity index (χ0) is 39.1. The standard InChI is InChI=1S/C54H28F2N2/c1-27-10-12-29(26-57)22-41(27)51-33-16-14-32-31(43(33)24-45-35-18-20-47(55)37-6-4-8-39(49(35)37)53(45)51)15-17-34-44(32)25-46-36-19-21-48(56)38-7-5-9-40(50(36)38)54(46)52(34)42-23-30(58-3)13-11-28(42)2/h4-25H,1-2H3. The maximum atomic E-state index is 15.4. The van der Waals surface area contributed by atoms with Gasteiger partial charge in [0, 0.05) is 21.5 Å². The SMILES string of the molecule is [C-]#[N+]c1ccc(C)c(-c2c3c(cc4c2ccc2c5cc6c(c(-c7cc(C#N)ccc7C)c5ccc42)-c2cccc4c(F)ccc-6c24)-c2ccc(F)c4cccc-3c24)c1. The van der Waals surface area contributed by atoms with Crippen LogP contribution in [-0.2, 0) is 0 Å². The van der Waals surface area contributed by atoms with Gasteiger partial charge in [0.05, 0.1) is 18.2 Å². The third-order valence-corrected chi connectivity index (χ3v) is 12.8. The van der Waals surface area contributed by atoms with Crippen LogP contribution in [0, 0.1) is 43.4 Å². The van der Waals surface area contributed by atoms with Crippen molar-refractivity contribution in [1.82, 2.24) is 0 Å². The van der Waals surface area contributed by atoms with Crippen LogP contribution in [0.15, 0.2) is 133 Å². The monoisotopic (exact) mass is 742 g/mol. The summed E-state index contributed by atoms with van der Waals surface area (Å²) in [5.74, 6) is -0.498. The number of aryl methyl sites for hydroxylation is 2. The zero-order valence-corrected chi connectivity index (χ0v) is 31.4. The van der Waals surface area contributed by atoms with E-state index in [-0.39, 0.29) is 11.6 Å². The van der Waals surface area contributed by atoms with Gasteiger partial charge in [-0.1, -0.05) is 91.0 Å². The van der Waals surface area contributed by atoms with E-state index < -0.39 is 0 Å². The molecule has 268 valence electrons. The quantitative estimate of drug-likeness (QED) is 0.128. The average molecular weight is 743 g/mol. The van der Waals surface area contributed by atoms with Gasteiger partial charge in [-0.05, 0) is 167 Å². The highest BCUT2D eigenvalue weighted by Gasteiger charge is 2.31. The van der Waals surface area contributed by atoms with Gasteiger partial charge < -0.3 is 0 Å². The van der Waals surface area contributed by atoms with Crippen molar-refractivity contribution in [2.45, 2.75) is 13.8 Å². The summed E-state index contributed by atoms with van der Waals surface area (Å²) in [6.45, 7) is 12.1. The predicted octanol–water partition coefficient (Wildman–Crippen LogP) is 15.4. The first-order valence-electron chi connectivity index (χ1n) is 19.3. The minimum Gasteiger partial charge on any atom is -0.238 e. The summed E-state index contributed by atoms with van der Waals surface area (Å²) in [7, 11) is 0. The number of benzene rings is 10. The molecule has 0 saturated heterocycles. The van der Waals surface area contributed by atoms with Crippen LogP contribution >= 0.6 is 0 Å². The third kappa shape index (κ3) is 4.11. The molecule has 58 heavy (non-hydrogen) atoms. The number of hydrogen-bond donors (Lipinski definition) is 0. The van der Waals surface area contributed by atoms with Crippen molar-refractivity contribution in [1.29, 1.82) is 5.26 Å². The lowest BCUT2D eigenvalue weighted by Crippen LogP contribution is -1.94. The normalized spacial score (nSPS) is 12.1. The molecule has 0 aliphatic heterocycles. The number of halogens is 2. The van der Waals surface area contributed by atoms with E-state index in [4.69, 9.17) is 6.57 Å². The highest BCUT2D eigenvalue weighted by atomic mass is 19.1. The van der Waals surface area contributed by atoms with Crippen molar-refractivity contribution in [2.75, 3.05) is 0 Å². The highest BCUT2D eigenvalue weighted by molar-refractivity contribution is 6.30. The van der Waals surface area contributed by atoms with E-state index in [9.17, 15) is 5.26 Å². The molecular formula is C54H28F2N2. The van der Waals surface area contributed by atoms with Gasteiger partial charge >= 0.3 is 0 Å². The Morgan fingerprint density at radius 1 is 0.431 bits per heavy atom. The molecular weight excluding hydrogens is 715 g/mol. The van der Waals surface area contributed by atoms with Gasteiger partial charge in [-0.15, -0.1) is 0 Å². The molecule has 0 N–H and O–H groups in total. The highest BCUT2D eigenvalue weighted by Crippen LogP contribution is 2.57. The summed E-state index contributed by atoms with van der Waals surface area (Å²) < 4.78 is 30.9. The van der Waals surface area contributed by atoms with E-state index in [0.29, 0.717) is 22.0 Å². The number of rotatable bonds is 2. The first-order valence-corrected chi connectivity index (χ1v) is 19.3. The van der Waals surface area contributed by atoms with Crippen LogP contribution in [0.2, 0.25) is 0 Å². The smallest absolute Gasteiger partial charge is 0.187 e. The molecule has 0 amide bonds. The molecule has 0 heterocycles. The van der Waals surface area contributed by atoms with E-state index in [1.807, 2.05) is 72.8 Å². The van der Waals surface area contributed by atoms with Crippen LogP contribution in [-0.4, -0.2) is 0 Å². The molecule has 0 atom stereocenters. The molecule has 10 aromatic carbocycles. The minimum atomic E-state index is -0.250. The molecule has 0 saturated carbocycles. The summed E-state index contributed by atoms with van der Waals surface area (Å²) >= 11 is 0. The summed E-state index contributed by atoms with van der Waals surface area (Å²) in [5.41, 5.74) is 15.4. The fraction of sp³-hybridized carbons (Fsp3) is 0.0370. The number of nitriles is 1. The Kier molecular flexibility index (Phi) is 6.43. The maximum Gasteiger partial charge on any atom is 0.187 e. The lowest BCUT2D eigenvalue weighted by molar-refractivity contribution is 0.639. The molecule has 4 heteroatoms. The van der Waals surface area contributed by atoms with E-state index in [0.717, 1.165) is 121 Å². The first kappa shape index (κ1) is 32.6. The van der Waals surface area contributed by atoms with E-state index in [2.05, 4.69) is 73.3 Å². The van der Waals surface area contributed by atoms with Crippen molar-refractivity contribution in [3.63, 3.8) is 0 Å². The van der Waals surface area contributed by atoms with Crippen LogP contribution in [0.5, 0.6) is 0 Å². The number of fused-ring (bicyclic) bond motifs is 11. The summed E-state index contributed by atoms with van der Waals surface area (Å²) in [6, 6.07) is 46.1. The van der Waals surface area contributed by atoms with Gasteiger partial charge in [-0.25, -0.2) is 13.6 Å². The zero-order valence-electron chi connectivity index (χ0n) is 31.4. The lowest BCUT2D eigenvalue weighted by atomic mass is 9.82. The minimum absolute atomic E-state index is 0.248. The second-order valence-corrected chi connectivity index (χ2v) is 15.7. The Morgan fingerprint density at radius 2 is 0.931 bits per heavy atom. The van der Waals surface area contributed by atoms with Crippen molar-refractivity contribution in [3.05, 3.63) is 173 Å². The first-order chi connectivity index (χ1) is 28.3. The Balaban J connectivity index is 1.25. The van der Waals surface area contributed by atoms with Crippen LogP contribution in [0.3, 0.4) is 0 Å². The van der Waals surface area contributed by atoms with Crippen molar-refractivity contribution in [3.8, 4) is 72.8 Å². The summed E-state index contributed by atoms with van der Waals surface area (Å²) in [6.07, 6.45) is 0. The average Bonchev–Trinajstić information content (AvgIpc) is 3.75. The third-order valence-electron chi connectivity index (χ3n) is 12.8. The van der Waals surface area contributed by atoms with Gasteiger partial charge in [0.1, 0.15) is 11.6 Å². The Bertz CT molecular complexity index is 3450. The molecule has 2 aliphatic carbocycles. The van der Waals surface area contributed by atoms with Crippen LogP contribution in [0.4, 0.5) is 14.5 Å². The van der Waals surface area contributed by atoms with Crippen molar-refractivity contribution < 1.29 is 8.78 Å². The second kappa shape index (κ2) is 11.5. The molecule has 12 rings (SSSR count). The predicted molar refractivity (Wildman–Crippen MR) is 234 cm³/mol. The van der Waals surface area contributed by atoms with Crippen molar-refractivity contribution >= 4 is 59.5 Å². The van der Waals surface area contributed by atoms with Gasteiger partial charge in [0.25, 0.3) is 0 Å². The second-order valence-electron chi connectivity index (χ2n) is 15.7. The van der Waals surface area contributed by atoms with Crippen molar-refractivity contribution in [2.24, 2.45) is 0 Å². The molecule has 0 radical (unpaired) electrons. The molecule has 0 spiro atoms. The number of nitrogens with zero attached hydrogens (tertiary/aromatic N) is 2. The Labute approximate surface area is 332 Å². The Morgan fingerprint density at radius 3 is 1.45 bits per heavy atom. The molecule has 2 aliphatic rings. The molecule has 0 unspecified atom stereocenters. The van der Waals surface area contributed by atoms with Gasteiger partial charge in [0.15, 0.2) is 5.69 Å². The lowest BCUT2D eigenvalue weighted by Gasteiger charge is -2.20. The van der Waals surface area contributed by atoms with Gasteiger partial charge in [-0.2, -0.15) is 5.26 Å². The molecule has 10 aromatic rings. The maximum absolute atomic E-state index is 15.4. The van der Waals surface area contributed by atoms with E-state index in [1.165, 1.54) is 0 Å². The summed E-state index contributed by atoms with van der Waals surface area (Å²) in [4.78, 5) is 3.82. The topological polar surface area (TPSA) is 28.1 Å². The largest absolute Gasteiger partial charge is 0.238 e. The molecule has 2 nitrogen and oxygen atoms in total. The molecule has 0 fully saturated rings. The fourth-order valence-electron chi connectivity index (χ4n) is 10.2. The molecule has 0 aromatic heterocycles. The van der Waals surface area contributed by atoms with Crippen LogP contribution < -0.4 is 0 Å². The molecule has 0 bridgehead atoms.